The Kier molecular flexibility index (Phi) is 3.08. The van der Waals surface area contributed by atoms with Crippen molar-refractivity contribution >= 4 is 5.91 Å². The lowest BCUT2D eigenvalue weighted by atomic mass is 9.95. The lowest BCUT2D eigenvalue weighted by Gasteiger charge is -2.27. The maximum atomic E-state index is 12.6. The fourth-order valence-electron chi connectivity index (χ4n) is 1.77. The quantitative estimate of drug-likeness (QED) is 0.634. The topological polar surface area (TPSA) is 40.5 Å². The van der Waals surface area contributed by atoms with Crippen LogP contribution in [0.4, 0.5) is 8.78 Å². The molecule has 3 nitrogen and oxygen atoms in total. The van der Waals surface area contributed by atoms with Crippen LogP contribution in [0.15, 0.2) is 36.4 Å². The van der Waals surface area contributed by atoms with Gasteiger partial charge in [-0.15, -0.1) is 0 Å². The Morgan fingerprint density at radius 3 is 2.53 bits per heavy atom. The number of aromatic hydroxyl groups is 1. The van der Waals surface area contributed by atoms with Gasteiger partial charge in [0.15, 0.2) is 0 Å². The van der Waals surface area contributed by atoms with Gasteiger partial charge < -0.3 is 5.11 Å². The van der Waals surface area contributed by atoms with E-state index >= 15 is 0 Å². The van der Waals surface area contributed by atoms with Gasteiger partial charge in [0.2, 0.25) is 5.91 Å². The largest absolute Gasteiger partial charge is 0.508 e. The zero-order valence-corrected chi connectivity index (χ0v) is 8.88. The van der Waals surface area contributed by atoms with Crippen LogP contribution in [0, 0.1) is 0 Å². The van der Waals surface area contributed by atoms with Crippen LogP contribution in [-0.4, -0.2) is 29.0 Å². The summed E-state index contributed by atoms with van der Waals surface area (Å²) in [7, 11) is 0. The van der Waals surface area contributed by atoms with Crippen LogP contribution < -0.4 is 0 Å². The maximum absolute atomic E-state index is 12.6. The molecular formula is C12H11F2NO2. The predicted molar refractivity (Wildman–Crippen MR) is 57.7 cm³/mol. The van der Waals surface area contributed by atoms with Crippen LogP contribution in [0.1, 0.15) is 11.5 Å². The number of hydrogen-bond acceptors (Lipinski definition) is 2. The third-order valence-electron chi connectivity index (χ3n) is 2.67. The number of rotatable bonds is 2. The van der Waals surface area contributed by atoms with Crippen molar-refractivity contribution in [1.82, 2.24) is 4.90 Å². The van der Waals surface area contributed by atoms with Crippen molar-refractivity contribution in [2.45, 2.75) is 12.5 Å². The van der Waals surface area contributed by atoms with Crippen LogP contribution in [0.25, 0.3) is 0 Å². The molecule has 1 amide bonds. The molecule has 0 saturated carbocycles. The number of hydrogen-bond donors (Lipinski definition) is 1. The summed E-state index contributed by atoms with van der Waals surface area (Å²) < 4.78 is 25.1. The first-order valence-corrected chi connectivity index (χ1v) is 5.14. The lowest BCUT2D eigenvalue weighted by molar-refractivity contribution is -0.145. The van der Waals surface area contributed by atoms with E-state index in [-0.39, 0.29) is 12.3 Å². The minimum Gasteiger partial charge on any atom is -0.508 e. The molecule has 0 fully saturated rings. The fourth-order valence-corrected chi connectivity index (χ4v) is 1.77. The van der Waals surface area contributed by atoms with Crippen LogP contribution in [0.5, 0.6) is 5.75 Å². The van der Waals surface area contributed by atoms with Gasteiger partial charge in [-0.1, -0.05) is 24.3 Å². The number of phenols is 1. The molecule has 1 N–H and O–H groups in total. The van der Waals surface area contributed by atoms with Gasteiger partial charge in [-0.2, -0.15) is 8.78 Å². The summed E-state index contributed by atoms with van der Waals surface area (Å²) in [5, 5.41) is 9.13. The minimum absolute atomic E-state index is 0.0644. The van der Waals surface area contributed by atoms with E-state index in [1.165, 1.54) is 12.1 Å². The second-order valence-electron chi connectivity index (χ2n) is 3.77. The molecule has 17 heavy (non-hydrogen) atoms. The van der Waals surface area contributed by atoms with Crippen LogP contribution in [0.2, 0.25) is 0 Å². The average molecular weight is 239 g/mol. The summed E-state index contributed by atoms with van der Waals surface area (Å²) in [6.07, 6.45) is 3.15. The van der Waals surface area contributed by atoms with E-state index in [2.05, 4.69) is 0 Å². The Morgan fingerprint density at radius 2 is 1.94 bits per heavy atom. The van der Waals surface area contributed by atoms with Gasteiger partial charge in [0.25, 0.3) is 0 Å². The van der Waals surface area contributed by atoms with E-state index in [0.29, 0.717) is 10.5 Å². The van der Waals surface area contributed by atoms with Gasteiger partial charge in [0.05, 0.1) is 5.92 Å². The molecule has 0 aromatic heterocycles. The molecule has 0 aliphatic carbocycles. The lowest BCUT2D eigenvalue weighted by Crippen LogP contribution is -2.40. The van der Waals surface area contributed by atoms with E-state index in [4.69, 9.17) is 5.11 Å². The number of nitrogens with zero attached hydrogens (tertiary/aromatic N) is 1. The van der Waals surface area contributed by atoms with Gasteiger partial charge in [-0.25, -0.2) is 0 Å². The van der Waals surface area contributed by atoms with Crippen molar-refractivity contribution in [1.29, 1.82) is 0 Å². The highest BCUT2D eigenvalue weighted by Crippen LogP contribution is 2.26. The molecule has 0 radical (unpaired) electrons. The standard InChI is InChI=1S/C12H11F2NO2/c13-12(14)15-7-1-2-10(11(15)17)8-3-5-9(16)6-4-8/h1-6,10,12,16H,7H2. The smallest absolute Gasteiger partial charge is 0.317 e. The first-order chi connectivity index (χ1) is 8.09. The Balaban J connectivity index is 2.27. The van der Waals surface area contributed by atoms with Crippen LogP contribution >= 0.6 is 0 Å². The van der Waals surface area contributed by atoms with Gasteiger partial charge in [-0.3, -0.25) is 9.69 Å². The second kappa shape index (κ2) is 4.53. The third kappa shape index (κ3) is 2.27. The van der Waals surface area contributed by atoms with Crippen molar-refractivity contribution in [3.05, 3.63) is 42.0 Å². The fraction of sp³-hybridized carbons (Fsp3) is 0.250. The molecule has 2 rings (SSSR count). The summed E-state index contributed by atoms with van der Waals surface area (Å²) in [5.74, 6) is -1.24. The molecule has 1 heterocycles. The molecule has 1 atom stereocenters. The van der Waals surface area contributed by atoms with E-state index in [9.17, 15) is 13.6 Å². The molecule has 1 aliphatic rings. The highest BCUT2D eigenvalue weighted by molar-refractivity contribution is 5.87. The Hall–Kier alpha value is -1.91. The van der Waals surface area contributed by atoms with Gasteiger partial charge in [0.1, 0.15) is 5.75 Å². The molecule has 1 aromatic rings. The number of alkyl halides is 2. The minimum atomic E-state index is -2.79. The molecule has 90 valence electrons. The van der Waals surface area contributed by atoms with Gasteiger partial charge >= 0.3 is 6.55 Å². The van der Waals surface area contributed by atoms with Crippen LogP contribution in [-0.2, 0) is 4.79 Å². The number of carbonyl (C=O) groups excluding carboxylic acids is 1. The highest BCUT2D eigenvalue weighted by atomic mass is 19.3. The van der Waals surface area contributed by atoms with Crippen molar-refractivity contribution in [3.63, 3.8) is 0 Å². The molecule has 1 aromatic carbocycles. The molecule has 1 unspecified atom stereocenters. The molecule has 0 saturated heterocycles. The van der Waals surface area contributed by atoms with E-state index in [1.54, 1.807) is 24.3 Å². The molecule has 5 heteroatoms. The monoisotopic (exact) mass is 239 g/mol. The van der Waals surface area contributed by atoms with Crippen molar-refractivity contribution in [2.24, 2.45) is 0 Å². The number of amides is 1. The Labute approximate surface area is 97.0 Å². The third-order valence-corrected chi connectivity index (χ3v) is 2.67. The predicted octanol–water partition coefficient (Wildman–Crippen LogP) is 2.10. The average Bonchev–Trinajstić information content (AvgIpc) is 2.30. The zero-order chi connectivity index (χ0) is 12.4. The second-order valence-corrected chi connectivity index (χ2v) is 3.77. The molecule has 1 aliphatic heterocycles. The normalized spacial score (nSPS) is 20.1. The van der Waals surface area contributed by atoms with Crippen molar-refractivity contribution < 1.29 is 18.7 Å². The summed E-state index contributed by atoms with van der Waals surface area (Å²) in [5.41, 5.74) is 0.592. The zero-order valence-electron chi connectivity index (χ0n) is 8.88. The first kappa shape index (κ1) is 11.6. The number of benzene rings is 1. The van der Waals surface area contributed by atoms with E-state index in [0.717, 1.165) is 0 Å². The van der Waals surface area contributed by atoms with Gasteiger partial charge in [-0.05, 0) is 17.7 Å². The Bertz CT molecular complexity index is 442. The summed E-state index contributed by atoms with van der Waals surface area (Å²) in [6.45, 7) is -2.85. The number of halogens is 2. The molecular weight excluding hydrogens is 228 g/mol. The van der Waals surface area contributed by atoms with E-state index < -0.39 is 18.4 Å². The molecule has 0 bridgehead atoms. The van der Waals surface area contributed by atoms with E-state index in [1.807, 2.05) is 0 Å². The Morgan fingerprint density at radius 1 is 1.29 bits per heavy atom. The number of carbonyl (C=O) groups is 1. The summed E-state index contributed by atoms with van der Waals surface area (Å²) in [6, 6.07) is 5.96. The maximum Gasteiger partial charge on any atom is 0.317 e. The highest BCUT2D eigenvalue weighted by Gasteiger charge is 2.31. The van der Waals surface area contributed by atoms with Gasteiger partial charge in [0, 0.05) is 6.54 Å². The SMILES string of the molecule is O=C1C(c2ccc(O)cc2)C=CCN1C(F)F. The van der Waals surface area contributed by atoms with Crippen molar-refractivity contribution in [2.75, 3.05) is 6.54 Å². The number of phenolic OH excluding ortho intramolecular Hbond substituents is 1. The summed E-state index contributed by atoms with van der Waals surface area (Å²) in [4.78, 5) is 12.3. The van der Waals surface area contributed by atoms with Crippen LogP contribution in [0.3, 0.4) is 0 Å². The van der Waals surface area contributed by atoms with Crippen molar-refractivity contribution in [3.8, 4) is 5.75 Å². The molecule has 0 spiro atoms. The first-order valence-electron chi connectivity index (χ1n) is 5.14. The summed E-state index contributed by atoms with van der Waals surface area (Å²) >= 11 is 0.